The van der Waals surface area contributed by atoms with Crippen molar-refractivity contribution in [3.05, 3.63) is 62.5 Å². The molecule has 3 rings (SSSR count). The molecule has 1 heteroatoms. The van der Waals surface area contributed by atoms with Gasteiger partial charge in [0.25, 0.3) is 0 Å². The second kappa shape index (κ2) is 6.98. The van der Waals surface area contributed by atoms with Gasteiger partial charge in [0.05, 0.1) is 0 Å². The summed E-state index contributed by atoms with van der Waals surface area (Å²) in [6.07, 6.45) is 8.91. The van der Waals surface area contributed by atoms with E-state index in [0.717, 1.165) is 0 Å². The van der Waals surface area contributed by atoms with E-state index in [4.69, 9.17) is 0 Å². The van der Waals surface area contributed by atoms with Gasteiger partial charge in [0.1, 0.15) is 0 Å². The first-order valence-corrected chi connectivity index (χ1v) is 13.8. The Labute approximate surface area is 168 Å². The average Bonchev–Trinajstić information content (AvgIpc) is 3.12. The number of allylic oxidation sites excluding steroid dienone is 6. The third kappa shape index (κ3) is 3.75. The third-order valence-corrected chi connectivity index (χ3v) is 13.6. The minimum atomic E-state index is -1.93. The first-order chi connectivity index (χ1) is 12.0. The molecule has 1 aromatic rings. The van der Waals surface area contributed by atoms with Crippen LogP contribution in [0.5, 0.6) is 0 Å². The van der Waals surface area contributed by atoms with Gasteiger partial charge in [0.15, 0.2) is 0 Å². The van der Waals surface area contributed by atoms with Crippen LogP contribution in [0.4, 0.5) is 0 Å². The molecule has 1 unspecified atom stereocenters. The van der Waals surface area contributed by atoms with Crippen molar-refractivity contribution in [1.29, 1.82) is 0 Å². The zero-order valence-corrected chi connectivity index (χ0v) is 20.3. The van der Waals surface area contributed by atoms with Crippen molar-refractivity contribution >= 4 is 8.78 Å². The van der Waals surface area contributed by atoms with Crippen LogP contribution in [0.25, 0.3) is 5.57 Å². The summed E-state index contributed by atoms with van der Waals surface area (Å²) in [5.41, 5.74) is 6.67. The number of hydrogen-bond donors (Lipinski definition) is 0. The van der Waals surface area contributed by atoms with Crippen LogP contribution in [0.3, 0.4) is 0 Å². The Morgan fingerprint density at radius 3 is 2.15 bits per heavy atom. The van der Waals surface area contributed by atoms with E-state index < -0.39 is 21.3 Å². The van der Waals surface area contributed by atoms with Crippen LogP contribution >= 0.6 is 0 Å². The Morgan fingerprint density at radius 2 is 1.62 bits per heavy atom. The van der Waals surface area contributed by atoms with Crippen molar-refractivity contribution in [3.8, 4) is 0 Å². The second-order valence-corrected chi connectivity index (χ2v) is 17.7. The number of fused-ring (bicyclic) bond motifs is 1. The molecule has 2 aliphatic rings. The van der Waals surface area contributed by atoms with Gasteiger partial charge in [0, 0.05) is 0 Å². The van der Waals surface area contributed by atoms with Crippen molar-refractivity contribution in [3.63, 3.8) is 0 Å². The quantitative estimate of drug-likeness (QED) is 0.467. The Hall–Kier alpha value is -0.807. The molecule has 0 saturated heterocycles. The fourth-order valence-corrected chi connectivity index (χ4v) is 12.2. The first kappa shape index (κ1) is 19.9. The molecule has 26 heavy (non-hydrogen) atoms. The van der Waals surface area contributed by atoms with E-state index in [9.17, 15) is 0 Å². The molecular formula is C25H34Zr. The maximum absolute atomic E-state index is 2.66. The Kier molecular flexibility index (Phi) is 5.35. The van der Waals surface area contributed by atoms with E-state index in [2.05, 4.69) is 97.9 Å². The molecule has 0 aromatic heterocycles. The van der Waals surface area contributed by atoms with E-state index in [0.29, 0.717) is 3.63 Å². The molecule has 0 radical (unpaired) electrons. The predicted molar refractivity (Wildman–Crippen MR) is 113 cm³/mol. The van der Waals surface area contributed by atoms with Crippen LogP contribution in [0.2, 0.25) is 0 Å². The standard InChI is InChI=1S/C13H15.C9H13.C3H6.Zr/c1-13(2,3)12-9-8-10-6-4-5-7-11(10)12;1-9(2,3)8-6-4-5-7-8;1-3-2;/h4-9H,1-3H3;6-7H,4H2,1-3H3;1-2H3;. The zero-order valence-electron chi connectivity index (χ0n) is 17.8. The molecule has 0 amide bonds. The predicted octanol–water partition coefficient (Wildman–Crippen LogP) is 7.26. The molecule has 0 N–H and O–H groups in total. The molecular weight excluding hydrogens is 391 g/mol. The summed E-state index contributed by atoms with van der Waals surface area (Å²) in [5.74, 6) is 0. The third-order valence-electron chi connectivity index (χ3n) is 5.66. The van der Waals surface area contributed by atoms with Crippen molar-refractivity contribution in [2.75, 3.05) is 0 Å². The maximum atomic E-state index is 2.66. The van der Waals surface area contributed by atoms with Crippen LogP contribution in [0.15, 0.2) is 51.3 Å². The van der Waals surface area contributed by atoms with Gasteiger partial charge in [-0.3, -0.25) is 0 Å². The average molecular weight is 426 g/mol. The monoisotopic (exact) mass is 424 g/mol. The van der Waals surface area contributed by atoms with Crippen molar-refractivity contribution in [1.82, 2.24) is 0 Å². The normalized spacial score (nSPS) is 19.7. The molecule has 138 valence electrons. The molecule has 0 aliphatic heterocycles. The Balaban J connectivity index is 2.10. The van der Waals surface area contributed by atoms with Gasteiger partial charge in [-0.05, 0) is 0 Å². The molecule has 0 fully saturated rings. The summed E-state index contributed by atoms with van der Waals surface area (Å²) in [7, 11) is 0. The molecule has 0 spiro atoms. The summed E-state index contributed by atoms with van der Waals surface area (Å²) in [6, 6.07) is 9.19. The number of benzene rings is 1. The van der Waals surface area contributed by atoms with Crippen molar-refractivity contribution in [2.45, 2.75) is 65.4 Å². The van der Waals surface area contributed by atoms with Crippen molar-refractivity contribution < 1.29 is 21.3 Å². The zero-order chi connectivity index (χ0) is 19.3. The van der Waals surface area contributed by atoms with Crippen LogP contribution in [-0.2, 0) is 21.3 Å². The van der Waals surface area contributed by atoms with Crippen LogP contribution in [-0.4, -0.2) is 3.21 Å². The molecule has 0 bridgehead atoms. The van der Waals surface area contributed by atoms with E-state index in [1.165, 1.54) is 17.6 Å². The van der Waals surface area contributed by atoms with Gasteiger partial charge in [-0.2, -0.15) is 0 Å². The number of hydrogen-bond acceptors (Lipinski definition) is 0. The van der Waals surface area contributed by atoms with Gasteiger partial charge in [-0.1, -0.05) is 0 Å². The topological polar surface area (TPSA) is 0 Å². The van der Waals surface area contributed by atoms with Crippen LogP contribution in [0, 0.1) is 10.8 Å². The van der Waals surface area contributed by atoms with E-state index >= 15 is 0 Å². The molecule has 0 heterocycles. The number of rotatable bonds is 2. The van der Waals surface area contributed by atoms with Crippen molar-refractivity contribution in [2.24, 2.45) is 10.8 Å². The summed E-state index contributed by atoms with van der Waals surface area (Å²) in [5, 5.41) is 0. The SMILES string of the molecule is C[C](C)=[Zr]([C]1=CC(C(C)(C)C)=CC1)[CH]1C=C(C(C)(C)C)c2ccccc21. The second-order valence-electron chi connectivity index (χ2n) is 10.1. The molecule has 1 aromatic carbocycles. The Morgan fingerprint density at radius 1 is 0.962 bits per heavy atom. The van der Waals surface area contributed by atoms with Crippen LogP contribution < -0.4 is 0 Å². The Bertz CT molecular complexity index is 841. The first-order valence-electron chi connectivity index (χ1n) is 9.90. The molecule has 2 aliphatic carbocycles. The summed E-state index contributed by atoms with van der Waals surface area (Å²) < 4.78 is 4.16. The molecule has 0 saturated carbocycles. The summed E-state index contributed by atoms with van der Waals surface area (Å²) in [6.45, 7) is 18.9. The van der Waals surface area contributed by atoms with Gasteiger partial charge >= 0.3 is 169 Å². The van der Waals surface area contributed by atoms with E-state index in [-0.39, 0.29) is 10.8 Å². The summed E-state index contributed by atoms with van der Waals surface area (Å²) >= 11 is -1.93. The van der Waals surface area contributed by atoms with Gasteiger partial charge < -0.3 is 0 Å². The fourth-order valence-electron chi connectivity index (χ4n) is 4.32. The van der Waals surface area contributed by atoms with Gasteiger partial charge in [0.2, 0.25) is 0 Å². The van der Waals surface area contributed by atoms with Gasteiger partial charge in [-0.15, -0.1) is 0 Å². The molecule has 0 nitrogen and oxygen atoms in total. The molecule has 1 atom stereocenters. The minimum absolute atomic E-state index is 0.208. The van der Waals surface area contributed by atoms with E-state index in [1.807, 2.05) is 0 Å². The van der Waals surface area contributed by atoms with E-state index in [1.54, 1.807) is 17.6 Å². The summed E-state index contributed by atoms with van der Waals surface area (Å²) in [4.78, 5) is 0. The van der Waals surface area contributed by atoms with Crippen LogP contribution in [0.1, 0.15) is 76.6 Å². The fraction of sp³-hybridized carbons (Fsp3) is 0.480. The van der Waals surface area contributed by atoms with Gasteiger partial charge in [-0.25, -0.2) is 0 Å².